The fraction of sp³-hybridized carbons (Fsp3) is 0.227. The molecule has 158 valence electrons. The lowest BCUT2D eigenvalue weighted by atomic mass is 10.0. The van der Waals surface area contributed by atoms with E-state index >= 15 is 0 Å². The van der Waals surface area contributed by atoms with E-state index < -0.39 is 10.0 Å². The van der Waals surface area contributed by atoms with Gasteiger partial charge in [-0.15, -0.1) is 4.40 Å². The molecule has 8 nitrogen and oxygen atoms in total. The molecule has 31 heavy (non-hydrogen) atoms. The number of nitrogens with one attached hydrogen (secondary N) is 1. The zero-order chi connectivity index (χ0) is 21.4. The number of aromatic nitrogens is 2. The fourth-order valence-corrected chi connectivity index (χ4v) is 5.24. The zero-order valence-corrected chi connectivity index (χ0v) is 17.5. The van der Waals surface area contributed by atoms with Crippen molar-refractivity contribution in [2.45, 2.75) is 23.8 Å². The Labute approximate surface area is 180 Å². The van der Waals surface area contributed by atoms with Crippen LogP contribution in [0, 0.1) is 0 Å². The van der Waals surface area contributed by atoms with E-state index in [2.05, 4.69) is 19.3 Å². The molecule has 2 aromatic carbocycles. The lowest BCUT2D eigenvalue weighted by Gasteiger charge is -2.32. The summed E-state index contributed by atoms with van der Waals surface area (Å²) in [5.41, 5.74) is 1.82. The van der Waals surface area contributed by atoms with Crippen molar-refractivity contribution in [2.24, 2.45) is 4.40 Å². The maximum Gasteiger partial charge on any atom is 0.285 e. The molecular weight excluding hydrogens is 414 g/mol. The van der Waals surface area contributed by atoms with Crippen molar-refractivity contribution >= 4 is 27.5 Å². The monoisotopic (exact) mass is 435 g/mol. The summed E-state index contributed by atoms with van der Waals surface area (Å²) in [5.74, 6) is 0.290. The maximum absolute atomic E-state index is 12.9. The highest BCUT2D eigenvalue weighted by molar-refractivity contribution is 7.90. The molecule has 1 aromatic heterocycles. The third kappa shape index (κ3) is 3.72. The lowest BCUT2D eigenvalue weighted by molar-refractivity contribution is 0.0694. The van der Waals surface area contributed by atoms with Gasteiger partial charge in [0.15, 0.2) is 5.84 Å². The van der Waals surface area contributed by atoms with E-state index in [1.54, 1.807) is 54.7 Å². The number of carbonyl (C=O) groups excluding carboxylic acids is 1. The van der Waals surface area contributed by atoms with E-state index in [0.717, 1.165) is 12.8 Å². The molecule has 0 saturated carbocycles. The van der Waals surface area contributed by atoms with Crippen LogP contribution < -0.4 is 5.32 Å². The molecule has 3 heterocycles. The summed E-state index contributed by atoms with van der Waals surface area (Å²) in [6.07, 6.45) is 7.36. The summed E-state index contributed by atoms with van der Waals surface area (Å²) in [6, 6.07) is 14.1. The number of hydrogen-bond donors (Lipinski definition) is 1. The number of anilines is 1. The first-order valence-electron chi connectivity index (χ1n) is 10.1. The van der Waals surface area contributed by atoms with Crippen molar-refractivity contribution in [1.82, 2.24) is 14.5 Å². The molecule has 2 aliphatic heterocycles. The van der Waals surface area contributed by atoms with Crippen LogP contribution >= 0.6 is 0 Å². The van der Waals surface area contributed by atoms with E-state index in [0.29, 0.717) is 35.9 Å². The predicted octanol–water partition coefficient (Wildman–Crippen LogP) is 2.92. The van der Waals surface area contributed by atoms with Crippen molar-refractivity contribution in [3.05, 3.63) is 78.4 Å². The third-order valence-corrected chi connectivity index (χ3v) is 7.06. The number of likely N-dealkylation sites (tertiary alicyclic amines) is 1. The number of benzene rings is 2. The second-order valence-electron chi connectivity index (χ2n) is 7.65. The van der Waals surface area contributed by atoms with Gasteiger partial charge in [-0.1, -0.05) is 12.1 Å². The van der Waals surface area contributed by atoms with Crippen LogP contribution in [0.15, 0.2) is 76.5 Å². The molecule has 0 radical (unpaired) electrons. The number of hydrogen-bond acceptors (Lipinski definition) is 5. The van der Waals surface area contributed by atoms with Gasteiger partial charge < -0.3 is 14.8 Å². The molecule has 1 saturated heterocycles. The van der Waals surface area contributed by atoms with Gasteiger partial charge in [-0.05, 0) is 49.2 Å². The summed E-state index contributed by atoms with van der Waals surface area (Å²) < 4.78 is 30.3. The Morgan fingerprint density at radius 2 is 1.77 bits per heavy atom. The maximum atomic E-state index is 12.9. The van der Waals surface area contributed by atoms with Gasteiger partial charge in [-0.2, -0.15) is 8.42 Å². The van der Waals surface area contributed by atoms with Gasteiger partial charge in [-0.25, -0.2) is 4.98 Å². The number of imidazole rings is 1. The first-order valence-corrected chi connectivity index (χ1v) is 11.5. The summed E-state index contributed by atoms with van der Waals surface area (Å²) in [4.78, 5) is 19.1. The van der Waals surface area contributed by atoms with Crippen LogP contribution in [-0.2, 0) is 10.0 Å². The number of amides is 1. The molecule has 1 amide bonds. The van der Waals surface area contributed by atoms with Crippen LogP contribution in [0.1, 0.15) is 34.8 Å². The predicted molar refractivity (Wildman–Crippen MR) is 117 cm³/mol. The lowest BCUT2D eigenvalue weighted by Crippen LogP contribution is -2.38. The average molecular weight is 436 g/mol. The van der Waals surface area contributed by atoms with Crippen LogP contribution in [0.4, 0.5) is 5.69 Å². The molecule has 0 atom stereocenters. The molecule has 2 aliphatic rings. The van der Waals surface area contributed by atoms with Gasteiger partial charge >= 0.3 is 0 Å². The van der Waals surface area contributed by atoms with E-state index in [4.69, 9.17) is 0 Å². The van der Waals surface area contributed by atoms with Crippen molar-refractivity contribution < 1.29 is 13.2 Å². The molecule has 0 spiro atoms. The SMILES string of the molecule is O=C(c1ccc(NC2=NS(=O)(=O)c3ccccc32)cc1)N1CCC(n2ccnc2)CC1. The second-order valence-corrected chi connectivity index (χ2v) is 9.22. The van der Waals surface area contributed by atoms with Crippen LogP contribution in [0.3, 0.4) is 0 Å². The summed E-state index contributed by atoms with van der Waals surface area (Å²) in [7, 11) is -3.67. The molecule has 1 fully saturated rings. The normalized spacial score (nSPS) is 17.8. The Morgan fingerprint density at radius 3 is 2.48 bits per heavy atom. The third-order valence-electron chi connectivity index (χ3n) is 5.72. The standard InChI is InChI=1S/C22H21N5O3S/c28-22(26-12-9-18(10-13-26)27-14-11-23-15-27)16-5-7-17(8-6-16)24-21-19-3-1-2-4-20(19)31(29,30)25-21/h1-8,11,14-15,18H,9-10,12-13H2,(H,24,25). The van der Waals surface area contributed by atoms with Gasteiger partial charge in [-0.3, -0.25) is 4.79 Å². The highest BCUT2D eigenvalue weighted by Crippen LogP contribution is 2.27. The Kier molecular flexibility index (Phi) is 4.82. The van der Waals surface area contributed by atoms with Crippen LogP contribution in [0.25, 0.3) is 0 Å². The van der Waals surface area contributed by atoms with E-state index in [1.165, 1.54) is 0 Å². The molecule has 9 heteroatoms. The quantitative estimate of drug-likeness (QED) is 0.682. The van der Waals surface area contributed by atoms with Crippen LogP contribution in [-0.4, -0.2) is 47.7 Å². The first-order chi connectivity index (χ1) is 15.0. The molecular formula is C22H21N5O3S. The highest BCUT2D eigenvalue weighted by Gasteiger charge is 2.28. The van der Waals surface area contributed by atoms with Crippen molar-refractivity contribution in [2.75, 3.05) is 18.4 Å². The van der Waals surface area contributed by atoms with Gasteiger partial charge in [0.2, 0.25) is 0 Å². The fourth-order valence-electron chi connectivity index (χ4n) is 4.06. The number of amidine groups is 1. The minimum atomic E-state index is -3.67. The number of carbonyl (C=O) groups is 1. The second kappa shape index (κ2) is 7.66. The molecule has 1 N–H and O–H groups in total. The summed E-state index contributed by atoms with van der Waals surface area (Å²) in [5, 5.41) is 3.06. The Hall–Kier alpha value is -3.46. The van der Waals surface area contributed by atoms with Crippen molar-refractivity contribution in [1.29, 1.82) is 0 Å². The Balaban J connectivity index is 1.25. The van der Waals surface area contributed by atoms with E-state index in [9.17, 15) is 13.2 Å². The first kappa shape index (κ1) is 19.5. The number of piperidine rings is 1. The number of nitrogens with zero attached hydrogens (tertiary/aromatic N) is 4. The average Bonchev–Trinajstić information content (AvgIpc) is 3.41. The topological polar surface area (TPSA) is 96.7 Å². The van der Waals surface area contributed by atoms with E-state index in [-0.39, 0.29) is 16.6 Å². The van der Waals surface area contributed by atoms with E-state index in [1.807, 2.05) is 17.4 Å². The van der Waals surface area contributed by atoms with Gasteiger partial charge in [0.05, 0.1) is 6.33 Å². The largest absolute Gasteiger partial charge is 0.339 e. The molecule has 0 aliphatic carbocycles. The number of sulfonamides is 1. The molecule has 3 aromatic rings. The molecule has 0 unspecified atom stereocenters. The Bertz CT molecular complexity index is 1240. The smallest absolute Gasteiger partial charge is 0.285 e. The van der Waals surface area contributed by atoms with Gasteiger partial charge in [0.25, 0.3) is 15.9 Å². The summed E-state index contributed by atoms with van der Waals surface area (Å²) >= 11 is 0. The minimum Gasteiger partial charge on any atom is -0.339 e. The van der Waals surface area contributed by atoms with Crippen LogP contribution in [0.5, 0.6) is 0 Å². The minimum absolute atomic E-state index is 0.00163. The van der Waals surface area contributed by atoms with Crippen LogP contribution in [0.2, 0.25) is 0 Å². The molecule has 5 rings (SSSR count). The van der Waals surface area contributed by atoms with Gasteiger partial charge in [0, 0.05) is 48.3 Å². The zero-order valence-electron chi connectivity index (χ0n) is 16.7. The number of rotatable bonds is 3. The highest BCUT2D eigenvalue weighted by atomic mass is 32.2. The number of fused-ring (bicyclic) bond motifs is 1. The molecule has 0 bridgehead atoms. The van der Waals surface area contributed by atoms with Crippen molar-refractivity contribution in [3.8, 4) is 0 Å². The van der Waals surface area contributed by atoms with Gasteiger partial charge in [0.1, 0.15) is 4.90 Å². The Morgan fingerprint density at radius 1 is 1.03 bits per heavy atom. The van der Waals surface area contributed by atoms with Crippen molar-refractivity contribution in [3.63, 3.8) is 0 Å². The summed E-state index contributed by atoms with van der Waals surface area (Å²) in [6.45, 7) is 1.40.